The Balaban J connectivity index is 1.61. The number of aromatic nitrogens is 3. The molecular formula is C15H26N4S. The lowest BCUT2D eigenvalue weighted by molar-refractivity contribution is 0.410. The molecule has 1 N–H and O–H groups in total. The summed E-state index contributed by atoms with van der Waals surface area (Å²) in [7, 11) is 2.11. The maximum absolute atomic E-state index is 4.42. The van der Waals surface area contributed by atoms with Crippen LogP contribution in [0, 0.1) is 5.92 Å². The van der Waals surface area contributed by atoms with E-state index in [2.05, 4.69) is 27.1 Å². The molecule has 0 aromatic carbocycles. The molecule has 3 rings (SSSR count). The van der Waals surface area contributed by atoms with E-state index in [1.165, 1.54) is 50.8 Å². The van der Waals surface area contributed by atoms with Gasteiger partial charge in [0.25, 0.3) is 0 Å². The fourth-order valence-corrected chi connectivity index (χ4v) is 4.76. The average Bonchev–Trinajstić information content (AvgIpc) is 3.06. The molecule has 1 atom stereocenters. The van der Waals surface area contributed by atoms with Gasteiger partial charge in [0.15, 0.2) is 5.16 Å². The predicted molar refractivity (Wildman–Crippen MR) is 83.1 cm³/mol. The Labute approximate surface area is 126 Å². The monoisotopic (exact) mass is 294 g/mol. The fraction of sp³-hybridized carbons (Fsp3) is 0.867. The lowest BCUT2D eigenvalue weighted by atomic mass is 10.0. The molecular weight excluding hydrogens is 268 g/mol. The van der Waals surface area contributed by atoms with Crippen LogP contribution in [0.2, 0.25) is 0 Å². The number of fused-ring (bicyclic) bond motifs is 1. The van der Waals surface area contributed by atoms with E-state index in [0.717, 1.165) is 29.8 Å². The first-order valence-corrected chi connectivity index (χ1v) is 9.09. The Kier molecular flexibility index (Phi) is 4.99. The standard InChI is InChI=1S/C15H26N4S/c1-16-13(12-7-4-5-8-12)11-20-15-18-17-14-9-3-2-6-10-19(14)15/h12-13,16H,2-11H2,1H3. The van der Waals surface area contributed by atoms with Crippen molar-refractivity contribution in [1.82, 2.24) is 20.1 Å². The van der Waals surface area contributed by atoms with Crippen LogP contribution < -0.4 is 5.32 Å². The second kappa shape index (κ2) is 6.94. The maximum Gasteiger partial charge on any atom is 0.191 e. The molecule has 2 aliphatic rings. The number of thioether (sulfide) groups is 1. The molecule has 1 aromatic rings. The Bertz CT molecular complexity index is 426. The number of aryl methyl sites for hydroxylation is 1. The topological polar surface area (TPSA) is 42.7 Å². The molecule has 0 bridgehead atoms. The molecule has 112 valence electrons. The van der Waals surface area contributed by atoms with Gasteiger partial charge in [0.2, 0.25) is 0 Å². The summed E-state index contributed by atoms with van der Waals surface area (Å²) >= 11 is 1.90. The van der Waals surface area contributed by atoms with Crippen molar-refractivity contribution in [3.8, 4) is 0 Å². The van der Waals surface area contributed by atoms with Crippen LogP contribution >= 0.6 is 11.8 Å². The van der Waals surface area contributed by atoms with Gasteiger partial charge in [-0.2, -0.15) is 0 Å². The summed E-state index contributed by atoms with van der Waals surface area (Å²) in [4.78, 5) is 0. The van der Waals surface area contributed by atoms with Gasteiger partial charge in [-0.3, -0.25) is 0 Å². The average molecular weight is 294 g/mol. The minimum Gasteiger partial charge on any atom is -0.316 e. The molecule has 1 fully saturated rings. The van der Waals surface area contributed by atoms with Gasteiger partial charge < -0.3 is 9.88 Å². The molecule has 1 saturated carbocycles. The second-order valence-electron chi connectivity index (χ2n) is 6.11. The summed E-state index contributed by atoms with van der Waals surface area (Å²) in [6.45, 7) is 1.11. The van der Waals surface area contributed by atoms with E-state index in [1.807, 2.05) is 11.8 Å². The highest BCUT2D eigenvalue weighted by Gasteiger charge is 2.25. The van der Waals surface area contributed by atoms with Crippen molar-refractivity contribution in [2.45, 2.75) is 69.1 Å². The first-order valence-electron chi connectivity index (χ1n) is 8.10. The third kappa shape index (κ3) is 3.19. The predicted octanol–water partition coefficient (Wildman–Crippen LogP) is 2.87. The Morgan fingerprint density at radius 1 is 1.20 bits per heavy atom. The molecule has 0 amide bonds. The third-order valence-corrected chi connectivity index (χ3v) is 5.89. The van der Waals surface area contributed by atoms with Crippen LogP contribution in [0.5, 0.6) is 0 Å². The van der Waals surface area contributed by atoms with E-state index in [1.54, 1.807) is 0 Å². The summed E-state index contributed by atoms with van der Waals surface area (Å²) in [5, 5.41) is 13.5. The molecule has 0 saturated heterocycles. The zero-order valence-electron chi connectivity index (χ0n) is 12.5. The zero-order valence-corrected chi connectivity index (χ0v) is 13.3. The van der Waals surface area contributed by atoms with Crippen LogP contribution in [0.3, 0.4) is 0 Å². The lowest BCUT2D eigenvalue weighted by Crippen LogP contribution is -2.34. The normalized spacial score (nSPS) is 21.6. The second-order valence-corrected chi connectivity index (χ2v) is 7.10. The molecule has 1 aliphatic carbocycles. The Morgan fingerprint density at radius 2 is 2.05 bits per heavy atom. The summed E-state index contributed by atoms with van der Waals surface area (Å²) < 4.78 is 2.36. The van der Waals surface area contributed by atoms with Gasteiger partial charge in [0, 0.05) is 24.8 Å². The van der Waals surface area contributed by atoms with Crippen LogP contribution in [0.1, 0.15) is 50.8 Å². The highest BCUT2D eigenvalue weighted by atomic mass is 32.2. The third-order valence-electron chi connectivity index (χ3n) is 4.81. The zero-order chi connectivity index (χ0) is 13.8. The van der Waals surface area contributed by atoms with E-state index >= 15 is 0 Å². The molecule has 1 aromatic heterocycles. The highest BCUT2D eigenvalue weighted by molar-refractivity contribution is 7.99. The van der Waals surface area contributed by atoms with Crippen LogP contribution in [0.4, 0.5) is 0 Å². The van der Waals surface area contributed by atoms with Crippen molar-refractivity contribution in [3.63, 3.8) is 0 Å². The van der Waals surface area contributed by atoms with E-state index in [9.17, 15) is 0 Å². The maximum atomic E-state index is 4.42. The Hall–Kier alpha value is -0.550. The van der Waals surface area contributed by atoms with Crippen molar-refractivity contribution >= 4 is 11.8 Å². The molecule has 1 aliphatic heterocycles. The summed E-state index contributed by atoms with van der Waals surface area (Å²) in [6, 6.07) is 0.626. The quantitative estimate of drug-likeness (QED) is 0.848. The summed E-state index contributed by atoms with van der Waals surface area (Å²) in [5.74, 6) is 3.19. The number of hydrogen-bond donors (Lipinski definition) is 1. The molecule has 1 unspecified atom stereocenters. The highest BCUT2D eigenvalue weighted by Crippen LogP contribution is 2.31. The van der Waals surface area contributed by atoms with Crippen LogP contribution in [0.15, 0.2) is 5.16 Å². The summed E-state index contributed by atoms with van der Waals surface area (Å²) in [5.41, 5.74) is 0. The van der Waals surface area contributed by atoms with Gasteiger partial charge in [0.05, 0.1) is 0 Å². The van der Waals surface area contributed by atoms with Crippen LogP contribution in [-0.4, -0.2) is 33.6 Å². The molecule has 4 nitrogen and oxygen atoms in total. The molecule has 0 radical (unpaired) electrons. The minimum atomic E-state index is 0.626. The first kappa shape index (κ1) is 14.4. The number of hydrogen-bond acceptors (Lipinski definition) is 4. The molecule has 2 heterocycles. The molecule has 0 spiro atoms. The van der Waals surface area contributed by atoms with Crippen molar-refractivity contribution in [2.75, 3.05) is 12.8 Å². The van der Waals surface area contributed by atoms with Gasteiger partial charge in [-0.05, 0) is 38.6 Å². The SMILES string of the molecule is CNC(CSc1nnc2n1CCCCC2)C1CCCC1. The molecule has 20 heavy (non-hydrogen) atoms. The van der Waals surface area contributed by atoms with Gasteiger partial charge in [0.1, 0.15) is 5.82 Å². The van der Waals surface area contributed by atoms with Crippen LogP contribution in [0.25, 0.3) is 0 Å². The van der Waals surface area contributed by atoms with E-state index < -0.39 is 0 Å². The van der Waals surface area contributed by atoms with Crippen molar-refractivity contribution in [1.29, 1.82) is 0 Å². The van der Waals surface area contributed by atoms with Gasteiger partial charge >= 0.3 is 0 Å². The van der Waals surface area contributed by atoms with Gasteiger partial charge in [-0.1, -0.05) is 31.0 Å². The lowest BCUT2D eigenvalue weighted by Gasteiger charge is -2.22. The number of nitrogens with one attached hydrogen (secondary N) is 1. The molecule has 5 heteroatoms. The minimum absolute atomic E-state index is 0.626. The summed E-state index contributed by atoms with van der Waals surface area (Å²) in [6.07, 6.45) is 10.6. The fourth-order valence-electron chi connectivity index (χ4n) is 3.54. The van der Waals surface area contributed by atoms with Crippen LogP contribution in [-0.2, 0) is 13.0 Å². The smallest absolute Gasteiger partial charge is 0.191 e. The van der Waals surface area contributed by atoms with E-state index in [4.69, 9.17) is 0 Å². The first-order chi connectivity index (χ1) is 9.88. The largest absolute Gasteiger partial charge is 0.316 e. The van der Waals surface area contributed by atoms with E-state index in [-0.39, 0.29) is 0 Å². The van der Waals surface area contributed by atoms with Crippen molar-refractivity contribution in [2.24, 2.45) is 5.92 Å². The van der Waals surface area contributed by atoms with Crippen molar-refractivity contribution in [3.05, 3.63) is 5.82 Å². The number of nitrogens with zero attached hydrogens (tertiary/aromatic N) is 3. The van der Waals surface area contributed by atoms with Crippen molar-refractivity contribution < 1.29 is 0 Å². The van der Waals surface area contributed by atoms with Gasteiger partial charge in [-0.15, -0.1) is 10.2 Å². The Morgan fingerprint density at radius 3 is 2.85 bits per heavy atom. The number of rotatable bonds is 5. The van der Waals surface area contributed by atoms with Gasteiger partial charge in [-0.25, -0.2) is 0 Å². The van der Waals surface area contributed by atoms with E-state index in [0.29, 0.717) is 6.04 Å².